The third-order valence-electron chi connectivity index (χ3n) is 2.68. The zero-order valence-corrected chi connectivity index (χ0v) is 11.3. The van der Waals surface area contributed by atoms with Crippen LogP contribution in [0.1, 0.15) is 32.3 Å². The van der Waals surface area contributed by atoms with E-state index in [1.165, 1.54) is 6.07 Å². The van der Waals surface area contributed by atoms with Gasteiger partial charge in [-0.15, -0.1) is 0 Å². The average molecular weight is 251 g/mol. The second kappa shape index (κ2) is 7.88. The van der Waals surface area contributed by atoms with Crippen LogP contribution in [0.2, 0.25) is 0 Å². The second-order valence-electron chi connectivity index (χ2n) is 4.33. The summed E-state index contributed by atoms with van der Waals surface area (Å²) >= 11 is 0. The first-order chi connectivity index (χ1) is 8.67. The van der Waals surface area contributed by atoms with Crippen LogP contribution >= 0.6 is 0 Å². The fourth-order valence-corrected chi connectivity index (χ4v) is 1.46. The van der Waals surface area contributed by atoms with Crippen LogP contribution in [0.25, 0.3) is 0 Å². The number of ether oxygens (including phenoxy) is 1. The van der Waals surface area contributed by atoms with Gasteiger partial charge in [0.15, 0.2) is 11.6 Å². The SMILES string of the molecule is C=C(CC)COc1ccc(CNCCC)cc1F. The smallest absolute Gasteiger partial charge is 0.165 e. The molecule has 0 atom stereocenters. The lowest BCUT2D eigenvalue weighted by Gasteiger charge is -2.10. The molecular weight excluding hydrogens is 229 g/mol. The molecule has 0 saturated carbocycles. The standard InChI is InChI=1S/C15H22FNO/c1-4-8-17-10-13-6-7-15(14(16)9-13)18-11-12(3)5-2/h6-7,9,17H,3-5,8,10-11H2,1-2H3. The highest BCUT2D eigenvalue weighted by atomic mass is 19.1. The van der Waals surface area contributed by atoms with Gasteiger partial charge in [-0.2, -0.15) is 0 Å². The molecule has 1 rings (SSSR count). The predicted molar refractivity (Wildman–Crippen MR) is 73.3 cm³/mol. The maximum absolute atomic E-state index is 13.7. The van der Waals surface area contributed by atoms with Gasteiger partial charge >= 0.3 is 0 Å². The molecule has 0 spiro atoms. The summed E-state index contributed by atoms with van der Waals surface area (Å²) in [6.07, 6.45) is 1.92. The van der Waals surface area contributed by atoms with Crippen molar-refractivity contribution in [3.05, 3.63) is 41.7 Å². The van der Waals surface area contributed by atoms with Crippen LogP contribution in [0.4, 0.5) is 4.39 Å². The third-order valence-corrected chi connectivity index (χ3v) is 2.68. The molecule has 18 heavy (non-hydrogen) atoms. The van der Waals surface area contributed by atoms with Crippen molar-refractivity contribution in [2.75, 3.05) is 13.2 Å². The molecule has 1 aromatic rings. The molecule has 0 saturated heterocycles. The van der Waals surface area contributed by atoms with Gasteiger partial charge in [0.05, 0.1) is 0 Å². The van der Waals surface area contributed by atoms with Crippen molar-refractivity contribution in [1.82, 2.24) is 5.32 Å². The van der Waals surface area contributed by atoms with E-state index in [1.54, 1.807) is 6.07 Å². The molecule has 0 aromatic heterocycles. The maximum Gasteiger partial charge on any atom is 0.165 e. The summed E-state index contributed by atoms with van der Waals surface area (Å²) < 4.78 is 19.1. The second-order valence-corrected chi connectivity index (χ2v) is 4.33. The molecule has 0 aliphatic rings. The zero-order chi connectivity index (χ0) is 13.4. The van der Waals surface area contributed by atoms with Gasteiger partial charge in [0, 0.05) is 6.54 Å². The Morgan fingerprint density at radius 3 is 2.78 bits per heavy atom. The molecule has 0 bridgehead atoms. The Morgan fingerprint density at radius 1 is 1.39 bits per heavy atom. The maximum atomic E-state index is 13.7. The summed E-state index contributed by atoms with van der Waals surface area (Å²) in [4.78, 5) is 0. The van der Waals surface area contributed by atoms with Gasteiger partial charge in [0.1, 0.15) is 6.61 Å². The Balaban J connectivity index is 2.53. The highest BCUT2D eigenvalue weighted by Crippen LogP contribution is 2.19. The van der Waals surface area contributed by atoms with E-state index in [4.69, 9.17) is 4.74 Å². The van der Waals surface area contributed by atoms with E-state index in [0.717, 1.165) is 30.5 Å². The van der Waals surface area contributed by atoms with Crippen molar-refractivity contribution in [2.24, 2.45) is 0 Å². The van der Waals surface area contributed by atoms with Gasteiger partial charge in [-0.25, -0.2) is 4.39 Å². The topological polar surface area (TPSA) is 21.3 Å². The quantitative estimate of drug-likeness (QED) is 0.562. The van der Waals surface area contributed by atoms with Crippen LogP contribution < -0.4 is 10.1 Å². The number of halogens is 1. The van der Waals surface area contributed by atoms with Crippen molar-refractivity contribution in [3.63, 3.8) is 0 Å². The average Bonchev–Trinajstić information content (AvgIpc) is 2.37. The lowest BCUT2D eigenvalue weighted by atomic mass is 10.2. The number of nitrogens with one attached hydrogen (secondary N) is 1. The minimum atomic E-state index is -0.310. The van der Waals surface area contributed by atoms with E-state index in [0.29, 0.717) is 18.9 Å². The summed E-state index contributed by atoms with van der Waals surface area (Å²) in [5, 5.41) is 3.24. The summed E-state index contributed by atoms with van der Waals surface area (Å²) in [5.74, 6) is -0.0152. The van der Waals surface area contributed by atoms with Crippen LogP contribution in [-0.4, -0.2) is 13.2 Å². The van der Waals surface area contributed by atoms with E-state index >= 15 is 0 Å². The molecule has 2 nitrogen and oxygen atoms in total. The van der Waals surface area contributed by atoms with Crippen molar-refractivity contribution < 1.29 is 9.13 Å². The van der Waals surface area contributed by atoms with Crippen LogP contribution in [0.5, 0.6) is 5.75 Å². The van der Waals surface area contributed by atoms with E-state index in [1.807, 2.05) is 13.0 Å². The number of benzene rings is 1. The highest BCUT2D eigenvalue weighted by Gasteiger charge is 2.05. The molecule has 3 heteroatoms. The van der Waals surface area contributed by atoms with Crippen molar-refractivity contribution in [2.45, 2.75) is 33.2 Å². The first kappa shape index (κ1) is 14.7. The summed E-state index contributed by atoms with van der Waals surface area (Å²) in [7, 11) is 0. The molecular formula is C15H22FNO. The molecule has 0 radical (unpaired) electrons. The fourth-order valence-electron chi connectivity index (χ4n) is 1.46. The molecule has 0 unspecified atom stereocenters. The van der Waals surface area contributed by atoms with Crippen molar-refractivity contribution in [3.8, 4) is 5.75 Å². The fraction of sp³-hybridized carbons (Fsp3) is 0.467. The largest absolute Gasteiger partial charge is 0.486 e. The van der Waals surface area contributed by atoms with E-state index in [2.05, 4.69) is 18.8 Å². The highest BCUT2D eigenvalue weighted by molar-refractivity contribution is 5.29. The zero-order valence-electron chi connectivity index (χ0n) is 11.3. The van der Waals surface area contributed by atoms with Gasteiger partial charge < -0.3 is 10.1 Å². The lowest BCUT2D eigenvalue weighted by Crippen LogP contribution is -2.14. The van der Waals surface area contributed by atoms with E-state index in [9.17, 15) is 4.39 Å². The Hall–Kier alpha value is -1.35. The lowest BCUT2D eigenvalue weighted by molar-refractivity contribution is 0.329. The van der Waals surface area contributed by atoms with Crippen LogP contribution in [0, 0.1) is 5.82 Å². The van der Waals surface area contributed by atoms with E-state index < -0.39 is 0 Å². The molecule has 100 valence electrons. The van der Waals surface area contributed by atoms with Crippen molar-refractivity contribution >= 4 is 0 Å². The van der Waals surface area contributed by atoms with Crippen LogP contribution in [0.15, 0.2) is 30.4 Å². The monoisotopic (exact) mass is 251 g/mol. The van der Waals surface area contributed by atoms with Crippen molar-refractivity contribution in [1.29, 1.82) is 0 Å². The molecule has 0 heterocycles. The predicted octanol–water partition coefficient (Wildman–Crippen LogP) is 3.67. The Labute approximate surface area is 109 Å². The molecule has 0 aliphatic heterocycles. The van der Waals surface area contributed by atoms with E-state index in [-0.39, 0.29) is 5.82 Å². The van der Waals surface area contributed by atoms with Gasteiger partial charge in [-0.05, 0) is 42.7 Å². The van der Waals surface area contributed by atoms with Gasteiger partial charge in [-0.1, -0.05) is 26.5 Å². The normalized spacial score (nSPS) is 10.4. The first-order valence-corrected chi connectivity index (χ1v) is 6.46. The van der Waals surface area contributed by atoms with Crippen LogP contribution in [-0.2, 0) is 6.54 Å². The summed E-state index contributed by atoms with van der Waals surface area (Å²) in [5.41, 5.74) is 1.89. The van der Waals surface area contributed by atoms with Crippen LogP contribution in [0.3, 0.4) is 0 Å². The molecule has 0 fully saturated rings. The summed E-state index contributed by atoms with van der Waals surface area (Å²) in [6, 6.07) is 5.09. The Morgan fingerprint density at radius 2 is 2.17 bits per heavy atom. The Kier molecular flexibility index (Phi) is 6.44. The number of hydrogen-bond acceptors (Lipinski definition) is 2. The third kappa shape index (κ3) is 4.88. The number of rotatable bonds is 8. The van der Waals surface area contributed by atoms with Gasteiger partial charge in [-0.3, -0.25) is 0 Å². The Bertz CT molecular complexity index is 390. The first-order valence-electron chi connectivity index (χ1n) is 6.46. The number of hydrogen-bond donors (Lipinski definition) is 1. The van der Waals surface area contributed by atoms with Gasteiger partial charge in [0.25, 0.3) is 0 Å². The minimum Gasteiger partial charge on any atom is -0.486 e. The molecule has 1 N–H and O–H groups in total. The summed E-state index contributed by atoms with van der Waals surface area (Å²) in [6.45, 7) is 9.94. The molecule has 0 aliphatic carbocycles. The molecule has 0 amide bonds. The molecule has 1 aromatic carbocycles. The van der Waals surface area contributed by atoms with Gasteiger partial charge in [0.2, 0.25) is 0 Å². The minimum absolute atomic E-state index is 0.295.